The molecular formula is C26H22AsClF3N6O. The number of H-pyrrole nitrogens is 1. The van der Waals surface area contributed by atoms with Crippen molar-refractivity contribution in [3.63, 3.8) is 0 Å². The van der Waals surface area contributed by atoms with Crippen LogP contribution >= 0.6 is 11.6 Å². The molecule has 0 atom stereocenters. The molecule has 1 amide bonds. The summed E-state index contributed by atoms with van der Waals surface area (Å²) < 4.78 is 40.7. The average Bonchev–Trinajstić information content (AvgIpc) is 3.33. The van der Waals surface area contributed by atoms with Gasteiger partial charge in [0, 0.05) is 0 Å². The van der Waals surface area contributed by atoms with Gasteiger partial charge in [0.05, 0.1) is 0 Å². The first kappa shape index (κ1) is 26.3. The number of amides is 1. The molecule has 12 heteroatoms. The molecule has 0 aliphatic carbocycles. The molecule has 2 aromatic carbocycles. The number of carbonyl (C=O) groups is 1. The maximum atomic E-state index is 13.1. The molecule has 3 N–H and O–H groups in total. The molecule has 1 aliphatic heterocycles. The van der Waals surface area contributed by atoms with Crippen LogP contribution in [-0.4, -0.2) is 41.6 Å². The minimum atomic E-state index is -4.51. The number of hydrogen-bond donors (Lipinski definition) is 3. The minimum absolute atomic E-state index is 0.00369. The van der Waals surface area contributed by atoms with Gasteiger partial charge < -0.3 is 0 Å². The number of anilines is 3. The number of aromatic amines is 1. The molecule has 0 fully saturated rings. The summed E-state index contributed by atoms with van der Waals surface area (Å²) in [6.07, 6.45) is -1.04. The molecule has 0 saturated heterocycles. The Hall–Kier alpha value is -3.36. The zero-order valence-corrected chi connectivity index (χ0v) is 23.0. The van der Waals surface area contributed by atoms with Crippen molar-refractivity contribution in [1.82, 2.24) is 19.9 Å². The van der Waals surface area contributed by atoms with Gasteiger partial charge in [-0.05, 0) is 0 Å². The fraction of sp³-hybridized carbons (Fsp3) is 0.231. The summed E-state index contributed by atoms with van der Waals surface area (Å²) >= 11 is 5.62. The van der Waals surface area contributed by atoms with E-state index in [-0.39, 0.29) is 17.1 Å². The van der Waals surface area contributed by atoms with E-state index < -0.39 is 27.6 Å². The van der Waals surface area contributed by atoms with Gasteiger partial charge in [0.2, 0.25) is 0 Å². The summed E-state index contributed by atoms with van der Waals surface area (Å²) in [5, 5.41) is 6.55. The Morgan fingerprint density at radius 1 is 1.11 bits per heavy atom. The first-order chi connectivity index (χ1) is 18.0. The number of aromatic nitrogens is 4. The molecule has 38 heavy (non-hydrogen) atoms. The Bertz CT molecular complexity index is 1520. The number of nitrogens with zero attached hydrogens (tertiary/aromatic N) is 3. The summed E-state index contributed by atoms with van der Waals surface area (Å²) in [6, 6.07) is 12.8. The van der Waals surface area contributed by atoms with Crippen molar-refractivity contribution in [2.75, 3.05) is 10.6 Å². The first-order valence-electron chi connectivity index (χ1n) is 11.7. The predicted octanol–water partition coefficient (Wildman–Crippen LogP) is 4.95. The molecule has 195 valence electrons. The molecule has 7 nitrogen and oxygen atoms in total. The van der Waals surface area contributed by atoms with Crippen molar-refractivity contribution < 1.29 is 18.0 Å². The van der Waals surface area contributed by atoms with E-state index >= 15 is 0 Å². The molecule has 0 saturated carbocycles. The number of benzene rings is 2. The van der Waals surface area contributed by atoms with Gasteiger partial charge in [0.25, 0.3) is 0 Å². The van der Waals surface area contributed by atoms with Crippen molar-refractivity contribution in [3.8, 4) is 11.4 Å². The second-order valence-corrected chi connectivity index (χ2v) is 12.2. The normalized spacial score (nSPS) is 15.3. The molecule has 4 aromatic rings. The number of rotatable bonds is 5. The van der Waals surface area contributed by atoms with Crippen LogP contribution in [0.4, 0.5) is 30.5 Å². The number of halogens is 4. The van der Waals surface area contributed by atoms with E-state index in [1.54, 1.807) is 12.1 Å². The van der Waals surface area contributed by atoms with Crippen molar-refractivity contribution in [2.24, 2.45) is 0 Å². The van der Waals surface area contributed by atoms with Crippen molar-refractivity contribution in [3.05, 3.63) is 71.1 Å². The Morgan fingerprint density at radius 3 is 2.66 bits per heavy atom. The Morgan fingerprint density at radius 2 is 1.89 bits per heavy atom. The molecule has 2 aromatic heterocycles. The molecule has 0 bridgehead atoms. The molecule has 5 rings (SSSR count). The molecule has 1 aliphatic rings. The SMILES string of the molecule is CC1(C)CCC(=O)Nc2ccc(Nc3ncc(Cl)c([As]c4ccccc4-c4ncc(C(F)(F)F)[nH]4)n3)cc21. The summed E-state index contributed by atoms with van der Waals surface area (Å²) in [5.74, 6) is 0.465. The Kier molecular flexibility index (Phi) is 6.96. The van der Waals surface area contributed by atoms with Crippen LogP contribution in [0.25, 0.3) is 11.4 Å². The summed E-state index contributed by atoms with van der Waals surface area (Å²) in [6.45, 7) is 4.20. The van der Waals surface area contributed by atoms with E-state index in [4.69, 9.17) is 11.6 Å². The van der Waals surface area contributed by atoms with Crippen molar-refractivity contribution in [1.29, 1.82) is 0 Å². The van der Waals surface area contributed by atoms with Crippen LogP contribution in [0.2, 0.25) is 5.02 Å². The third-order valence-corrected chi connectivity index (χ3v) is 9.30. The Labute approximate surface area is 228 Å². The van der Waals surface area contributed by atoms with E-state index in [0.29, 0.717) is 27.4 Å². The maximum absolute atomic E-state index is 13.1. The van der Waals surface area contributed by atoms with Crippen LogP contribution in [0.5, 0.6) is 0 Å². The standard InChI is InChI=1S/C26H22AsClF3N6O/c1-25(2)10-9-21(38)35-19-8-7-14(11-16(19)25)34-24-33-12-18(28)22(37-24)27-17-6-4-3-5-15(17)23-32-13-20(36-23)26(29,30)31/h3-8,11-13H,9-10H2,1-2H3,(H,32,36)(H,35,38)(H,33,34,37). The number of imidazole rings is 1. The predicted molar refractivity (Wildman–Crippen MR) is 142 cm³/mol. The van der Waals surface area contributed by atoms with E-state index in [9.17, 15) is 18.0 Å². The number of fused-ring (bicyclic) bond motifs is 1. The van der Waals surface area contributed by atoms with Crippen molar-refractivity contribution >= 4 is 59.4 Å². The van der Waals surface area contributed by atoms with Crippen LogP contribution in [0, 0.1) is 0 Å². The van der Waals surface area contributed by atoms with Gasteiger partial charge in [-0.2, -0.15) is 0 Å². The number of hydrogen-bond acceptors (Lipinski definition) is 5. The van der Waals surface area contributed by atoms with Crippen LogP contribution in [-0.2, 0) is 16.4 Å². The third-order valence-electron chi connectivity index (χ3n) is 6.25. The van der Waals surface area contributed by atoms with Gasteiger partial charge in [-0.25, -0.2) is 0 Å². The summed E-state index contributed by atoms with van der Waals surface area (Å²) in [4.78, 5) is 27.3. The van der Waals surface area contributed by atoms with E-state index in [1.807, 2.05) is 30.3 Å². The number of nitrogens with one attached hydrogen (secondary N) is 3. The van der Waals surface area contributed by atoms with Gasteiger partial charge in [-0.3, -0.25) is 0 Å². The van der Waals surface area contributed by atoms with Crippen LogP contribution in [0.15, 0.2) is 54.9 Å². The van der Waals surface area contributed by atoms with Gasteiger partial charge in [-0.1, -0.05) is 0 Å². The van der Waals surface area contributed by atoms with Gasteiger partial charge >= 0.3 is 229 Å². The van der Waals surface area contributed by atoms with E-state index in [0.717, 1.165) is 33.9 Å². The number of carbonyl (C=O) groups excluding carboxylic acids is 1. The second kappa shape index (κ2) is 10.1. The molecule has 0 spiro atoms. The van der Waals surface area contributed by atoms with Gasteiger partial charge in [0.15, 0.2) is 0 Å². The average molecular weight is 602 g/mol. The number of alkyl halides is 3. The van der Waals surface area contributed by atoms with Crippen LogP contribution in [0.1, 0.15) is 37.9 Å². The zero-order valence-electron chi connectivity index (χ0n) is 20.3. The fourth-order valence-corrected chi connectivity index (χ4v) is 6.58. The molecule has 0 unspecified atom stereocenters. The third kappa shape index (κ3) is 5.56. The van der Waals surface area contributed by atoms with Crippen LogP contribution < -0.4 is 19.5 Å². The van der Waals surface area contributed by atoms with Gasteiger partial charge in [-0.15, -0.1) is 0 Å². The van der Waals surface area contributed by atoms with E-state index in [2.05, 4.69) is 44.4 Å². The monoisotopic (exact) mass is 601 g/mol. The molecule has 1 radical (unpaired) electrons. The van der Waals surface area contributed by atoms with E-state index in [1.165, 1.54) is 6.20 Å². The summed E-state index contributed by atoms with van der Waals surface area (Å²) in [5.41, 5.74) is 2.00. The molecule has 3 heterocycles. The zero-order chi connectivity index (χ0) is 27.1. The Balaban J connectivity index is 1.42. The summed E-state index contributed by atoms with van der Waals surface area (Å²) in [7, 11) is 0. The fourth-order valence-electron chi connectivity index (χ4n) is 4.18. The quantitative estimate of drug-likeness (QED) is 0.282. The first-order valence-corrected chi connectivity index (χ1v) is 13.9. The molecular weight excluding hydrogens is 580 g/mol. The van der Waals surface area contributed by atoms with Crippen molar-refractivity contribution in [2.45, 2.75) is 38.3 Å². The topological polar surface area (TPSA) is 95.6 Å². The second-order valence-electron chi connectivity index (χ2n) is 9.45. The van der Waals surface area contributed by atoms with Gasteiger partial charge in [0.1, 0.15) is 0 Å². The van der Waals surface area contributed by atoms with Crippen LogP contribution in [0.3, 0.4) is 0 Å².